The number of hydrogen-bond donors (Lipinski definition) is 16. The second kappa shape index (κ2) is 36.8. The summed E-state index contributed by atoms with van der Waals surface area (Å²) in [6.07, 6.45) is 0.356. The van der Waals surface area contributed by atoms with Crippen molar-refractivity contribution in [1.29, 1.82) is 0 Å². The fourth-order valence-corrected chi connectivity index (χ4v) is 14.4. The topological polar surface area (TPSA) is 474 Å². The number of aromatic amines is 1. The van der Waals surface area contributed by atoms with Crippen LogP contribution in [-0.2, 0) is 60.8 Å². The van der Waals surface area contributed by atoms with Crippen molar-refractivity contribution in [3.63, 3.8) is 0 Å². The van der Waals surface area contributed by atoms with Crippen LogP contribution in [-0.4, -0.2) is 191 Å². The molecule has 0 spiro atoms. The van der Waals surface area contributed by atoms with Gasteiger partial charge in [0.05, 0.1) is 6.10 Å². The second-order valence-corrected chi connectivity index (χ2v) is 27.4. The number of carbonyl (C=O) groups excluding carboxylic acids is 9. The third-order valence-corrected chi connectivity index (χ3v) is 19.7. The number of nitrogens with one attached hydrogen (secondary N) is 10. The first-order valence-corrected chi connectivity index (χ1v) is 34.6. The molecule has 1 fully saturated rings. The van der Waals surface area contributed by atoms with Gasteiger partial charge in [-0.3, -0.25) is 38.6 Å². The van der Waals surface area contributed by atoms with Gasteiger partial charge in [-0.25, -0.2) is 4.79 Å². The van der Waals surface area contributed by atoms with Crippen LogP contribution in [0.1, 0.15) is 83.3 Å². The normalized spacial score (nSPS) is 20.6. The van der Waals surface area contributed by atoms with Gasteiger partial charge in [0.15, 0.2) is 5.96 Å². The molecule has 0 saturated carbocycles. The number of fused-ring (bicyclic) bond motifs is 2. The van der Waals surface area contributed by atoms with Crippen LogP contribution < -0.4 is 76.3 Å². The molecule has 0 unspecified atom stereocenters. The van der Waals surface area contributed by atoms with E-state index in [4.69, 9.17) is 22.9 Å². The standard InChI is InChI=1S/C61H84N16O13S2Se/c1-33(2)27-45(60(89)90)74-57(86)47-32-92-91-31-46(69-50(80)30-68-49(79)22-19-35-17-20-37(21-18-35)77-59(88)39-12-5-7-16-48(39)93-77)56(85)71-43(23-25-63)54(83)70-42(15-10-26-66-61(64)65)52(81)73-44(28-36-29-67-40-13-6-4-11-38(36)40)55(84)76-51(34(3)78)58(87)72-41(53(82)75-47)14-8-9-24-62/h4-7,11-13,16-18,20-21,29,33-34,41-47,51,67,78H,8-10,14-15,19,22-28,30-32,62-63H2,1-3H3,(H,68,79)(H,69,80)(H,70,83)(H,71,85)(H,72,87)(H,73,81)(H,74,86)(H,75,82)(H,76,84)(H,89,90)(H4,64,65,66)/t34-,41+,42+,43+,44+,45+,46+,47+,51+/m1/s1. The Morgan fingerprint density at radius 2 is 1.31 bits per heavy atom. The van der Waals surface area contributed by atoms with E-state index in [-0.39, 0.29) is 121 Å². The fourth-order valence-electron chi connectivity index (χ4n) is 9.98. The Kier molecular flexibility index (Phi) is 29.2. The molecule has 1 aliphatic rings. The van der Waals surface area contributed by atoms with Gasteiger partial charge in [0.1, 0.15) is 48.3 Å². The molecule has 2 aromatic heterocycles. The molecule has 32 heteroatoms. The number of benzene rings is 3. The number of rotatable bonds is 25. The average molecular weight is 1390 g/mol. The van der Waals surface area contributed by atoms with Crippen LogP contribution in [0.4, 0.5) is 0 Å². The van der Waals surface area contributed by atoms with Gasteiger partial charge in [-0.05, 0) is 82.5 Å². The molecule has 0 radical (unpaired) electrons. The molecule has 6 rings (SSSR count). The molecule has 20 N–H and O–H groups in total. The number of nitrogens with two attached hydrogens (primary N) is 4. The maximum atomic E-state index is 14.7. The van der Waals surface area contributed by atoms with Crippen LogP contribution in [0.25, 0.3) is 26.2 Å². The zero-order valence-corrected chi connectivity index (χ0v) is 55.3. The van der Waals surface area contributed by atoms with Crippen molar-refractivity contribution in [2.24, 2.45) is 33.8 Å². The van der Waals surface area contributed by atoms with Gasteiger partial charge in [0, 0.05) is 41.6 Å². The van der Waals surface area contributed by atoms with Crippen LogP contribution in [0.5, 0.6) is 0 Å². The number of aliphatic carboxylic acids is 1. The molecule has 9 amide bonds. The molecule has 5 aromatic rings. The number of aliphatic hydroxyl groups is 1. The van der Waals surface area contributed by atoms with Crippen molar-refractivity contribution >= 4 is 122 Å². The van der Waals surface area contributed by atoms with E-state index in [9.17, 15) is 63.0 Å². The number of aliphatic imine (C=N–C) groups is 1. The fraction of sp³-hybridized carbons (Fsp3) is 0.475. The monoisotopic (exact) mass is 1390 g/mol. The van der Waals surface area contributed by atoms with Gasteiger partial charge >= 0.3 is 155 Å². The van der Waals surface area contributed by atoms with Gasteiger partial charge in [-0.1, -0.05) is 53.6 Å². The van der Waals surface area contributed by atoms with E-state index in [0.29, 0.717) is 34.0 Å². The van der Waals surface area contributed by atoms with Crippen molar-refractivity contribution in [3.8, 4) is 5.69 Å². The summed E-state index contributed by atoms with van der Waals surface area (Å²) < 4.78 is 2.70. The van der Waals surface area contributed by atoms with Gasteiger partial charge in [0.2, 0.25) is 41.4 Å². The molecule has 1 saturated heterocycles. The zero-order valence-electron chi connectivity index (χ0n) is 51.9. The van der Waals surface area contributed by atoms with E-state index >= 15 is 0 Å². The zero-order chi connectivity index (χ0) is 67.7. The number of para-hydroxylation sites is 1. The molecular weight excluding hydrogens is 1310 g/mol. The third-order valence-electron chi connectivity index (χ3n) is 14.9. The van der Waals surface area contributed by atoms with Gasteiger partial charge in [0.25, 0.3) is 0 Å². The summed E-state index contributed by atoms with van der Waals surface area (Å²) in [6, 6.07) is 9.68. The van der Waals surface area contributed by atoms with Crippen LogP contribution in [0.2, 0.25) is 0 Å². The number of aliphatic hydroxyl groups excluding tert-OH is 1. The molecule has 504 valence electrons. The van der Waals surface area contributed by atoms with Crippen LogP contribution >= 0.6 is 21.6 Å². The van der Waals surface area contributed by atoms with E-state index in [1.807, 2.05) is 30.3 Å². The summed E-state index contributed by atoms with van der Waals surface area (Å²) >= 11 is -0.239. The first-order valence-electron chi connectivity index (χ1n) is 30.5. The number of hydrogen-bond acceptors (Lipinski definition) is 17. The Balaban J connectivity index is 1.31. The summed E-state index contributed by atoms with van der Waals surface area (Å²) in [7, 11) is 1.87. The summed E-state index contributed by atoms with van der Waals surface area (Å²) in [5.74, 6) is -10.3. The molecule has 3 aromatic carbocycles. The van der Waals surface area contributed by atoms with Gasteiger partial charge in [-0.15, -0.1) is 0 Å². The molecular formula is C61H84N16O13S2Se. The minimum atomic E-state index is -1.77. The van der Waals surface area contributed by atoms with Crippen molar-refractivity contribution in [1.82, 2.24) is 56.4 Å². The van der Waals surface area contributed by atoms with Crippen LogP contribution in [0, 0.1) is 5.92 Å². The SMILES string of the molecule is CC(C)C[C@H](NC(=O)[C@@H]1CSSC[C@H](NC(=O)CNC(=O)CCc2ccc(-n3[se]c4ccccc4c3=O)cc2)C(=O)N[C@@H](CCN)C(=O)N[C@@H](CCCN=C(N)N)C(=O)N[C@@H](Cc2c[nH]c3ccccc23)C(=O)N[C@@H]([C@@H](C)O)C(=O)N[C@@H](CCCCN)C(=O)N1)C(=O)O. The summed E-state index contributed by atoms with van der Waals surface area (Å²) in [5.41, 5.74) is 25.6. The molecule has 0 aliphatic carbocycles. The smallest absolute Gasteiger partial charge is 0.326 e. The van der Waals surface area contributed by atoms with Crippen molar-refractivity contribution in [2.75, 3.05) is 37.7 Å². The van der Waals surface area contributed by atoms with E-state index in [2.05, 4.69) is 57.8 Å². The Hall–Kier alpha value is -8.26. The minimum absolute atomic E-state index is 0.00185. The third kappa shape index (κ3) is 22.8. The van der Waals surface area contributed by atoms with Gasteiger partial charge in [-0.2, -0.15) is 0 Å². The van der Waals surface area contributed by atoms with Gasteiger partial charge < -0.3 is 75.3 Å². The van der Waals surface area contributed by atoms with Crippen molar-refractivity contribution in [3.05, 3.63) is 100 Å². The summed E-state index contributed by atoms with van der Waals surface area (Å²) in [5, 5.41) is 46.0. The number of amides is 9. The molecule has 1 aliphatic heterocycles. The van der Waals surface area contributed by atoms with E-state index in [0.717, 1.165) is 31.4 Å². The predicted octanol–water partition coefficient (Wildman–Crippen LogP) is -1.86. The Morgan fingerprint density at radius 1 is 0.699 bits per heavy atom. The maximum Gasteiger partial charge on any atom is 0.326 e. The van der Waals surface area contributed by atoms with Crippen LogP contribution in [0.3, 0.4) is 0 Å². The quantitative estimate of drug-likeness (QED) is 0.0100. The predicted molar refractivity (Wildman–Crippen MR) is 355 cm³/mol. The van der Waals surface area contributed by atoms with Crippen molar-refractivity contribution < 1.29 is 58.2 Å². The number of aryl methyl sites for hydroxylation is 1. The minimum Gasteiger partial charge on any atom is -0.480 e. The molecule has 9 atom stereocenters. The average Bonchev–Trinajstić information content (AvgIpc) is 1.68. The number of unbranched alkanes of at least 4 members (excludes halogenated alkanes) is 1. The maximum absolute atomic E-state index is 14.7. The number of carbonyl (C=O) groups is 10. The summed E-state index contributed by atoms with van der Waals surface area (Å²) in [6.45, 7) is 4.14. The Labute approximate surface area is 550 Å². The molecule has 93 heavy (non-hydrogen) atoms. The number of carboxylic acids is 1. The largest absolute Gasteiger partial charge is 0.480 e. The van der Waals surface area contributed by atoms with E-state index in [1.54, 1.807) is 66.1 Å². The van der Waals surface area contributed by atoms with E-state index in [1.165, 1.54) is 6.92 Å². The molecule has 3 heterocycles. The van der Waals surface area contributed by atoms with Crippen LogP contribution in [0.15, 0.2) is 88.8 Å². The molecule has 29 nitrogen and oxygen atoms in total. The molecule has 0 bridgehead atoms. The number of nitrogens with zero attached hydrogens (tertiary/aromatic N) is 2. The first kappa shape index (κ1) is 73.8. The van der Waals surface area contributed by atoms with E-state index < -0.39 is 120 Å². The second-order valence-electron chi connectivity index (χ2n) is 22.8. The Morgan fingerprint density at radius 3 is 1.97 bits per heavy atom. The number of guanidine groups is 1. The number of carboxylic acid groups (broad SMARTS) is 1. The summed E-state index contributed by atoms with van der Waals surface area (Å²) in [4.78, 5) is 161. The number of aromatic nitrogens is 2. The Bertz CT molecular complexity index is 3500. The number of H-pyrrole nitrogens is 1. The first-order chi connectivity index (χ1) is 44.5. The van der Waals surface area contributed by atoms with Crippen molar-refractivity contribution in [2.45, 2.75) is 139 Å².